The molecule has 0 bridgehead atoms. The average molecular weight is 437 g/mol. The molecule has 0 amide bonds. The Hall–Kier alpha value is -1.15. The minimum absolute atomic E-state index is 0.153. The lowest BCUT2D eigenvalue weighted by Gasteiger charge is -2.34. The monoisotopic (exact) mass is 436 g/mol. The van der Waals surface area contributed by atoms with Gasteiger partial charge in [0.2, 0.25) is 0 Å². The van der Waals surface area contributed by atoms with E-state index in [1.54, 1.807) is 0 Å². The highest BCUT2D eigenvalue weighted by atomic mass is 32.2. The number of hydrogen-bond donors (Lipinski definition) is 3. The molecule has 8 heteroatoms. The largest absolute Gasteiger partial charge is 0.481 e. The highest BCUT2D eigenvalue weighted by Crippen LogP contribution is 2.38. The van der Waals surface area contributed by atoms with Gasteiger partial charge in [-0.1, -0.05) is 90.9 Å². The summed E-state index contributed by atoms with van der Waals surface area (Å²) >= 11 is 0. The maximum Gasteiger partial charge on any atom is 0.327 e. The zero-order valence-electron chi connectivity index (χ0n) is 18.1. The van der Waals surface area contributed by atoms with Gasteiger partial charge in [-0.05, 0) is 12.8 Å². The molecule has 2 unspecified atom stereocenters. The van der Waals surface area contributed by atoms with Crippen molar-refractivity contribution >= 4 is 22.1 Å². The van der Waals surface area contributed by atoms with E-state index >= 15 is 0 Å². The summed E-state index contributed by atoms with van der Waals surface area (Å²) in [6.45, 7) is 4.17. The van der Waals surface area contributed by atoms with Crippen LogP contribution in [0.3, 0.4) is 0 Å². The maximum absolute atomic E-state index is 12.2. The highest BCUT2D eigenvalue weighted by Gasteiger charge is 2.56. The van der Waals surface area contributed by atoms with Crippen molar-refractivity contribution in [2.45, 2.75) is 115 Å². The van der Waals surface area contributed by atoms with E-state index in [-0.39, 0.29) is 12.8 Å². The summed E-state index contributed by atoms with van der Waals surface area (Å²) in [4.78, 5) is 23.5. The Kier molecular flexibility index (Phi) is 14.2. The fourth-order valence-electron chi connectivity index (χ4n) is 3.99. The molecule has 0 rings (SSSR count). The molecule has 0 aliphatic heterocycles. The van der Waals surface area contributed by atoms with Gasteiger partial charge in [0.1, 0.15) is 0 Å². The van der Waals surface area contributed by atoms with Gasteiger partial charge in [-0.25, -0.2) is 0 Å². The summed E-state index contributed by atoms with van der Waals surface area (Å²) in [6, 6.07) is 0. The summed E-state index contributed by atoms with van der Waals surface area (Å²) in [5, 5.41) is 19.1. The number of rotatable bonds is 19. The summed E-state index contributed by atoms with van der Waals surface area (Å²) < 4.78 is 31.9. The van der Waals surface area contributed by atoms with Gasteiger partial charge in [-0.2, -0.15) is 8.42 Å². The fraction of sp³-hybridized carbons (Fsp3) is 0.905. The van der Waals surface area contributed by atoms with Gasteiger partial charge >= 0.3 is 11.9 Å². The molecule has 29 heavy (non-hydrogen) atoms. The Labute approximate surface area is 176 Å². The van der Waals surface area contributed by atoms with Crippen molar-refractivity contribution in [1.29, 1.82) is 0 Å². The minimum Gasteiger partial charge on any atom is -0.481 e. The number of unbranched alkanes of at least 4 members (excludes halogenated alkanes) is 10. The number of aliphatic carboxylic acids is 2. The van der Waals surface area contributed by atoms with Crippen LogP contribution in [0.15, 0.2) is 0 Å². The molecular formula is C21H40O7S. The second kappa shape index (κ2) is 14.8. The second-order valence-corrected chi connectivity index (χ2v) is 9.72. The average Bonchev–Trinajstić information content (AvgIpc) is 2.61. The fourth-order valence-corrected chi connectivity index (χ4v) is 5.23. The second-order valence-electron chi connectivity index (χ2n) is 8.04. The van der Waals surface area contributed by atoms with E-state index in [1.807, 2.05) is 0 Å². The van der Waals surface area contributed by atoms with Gasteiger partial charge in [-0.3, -0.25) is 14.1 Å². The summed E-state index contributed by atoms with van der Waals surface area (Å²) in [5.74, 6) is -4.06. The molecule has 0 spiro atoms. The van der Waals surface area contributed by atoms with Crippen LogP contribution in [0.4, 0.5) is 0 Å². The third kappa shape index (κ3) is 9.94. The first-order valence-electron chi connectivity index (χ1n) is 11.1. The highest BCUT2D eigenvalue weighted by molar-refractivity contribution is 7.88. The minimum atomic E-state index is -4.98. The van der Waals surface area contributed by atoms with Gasteiger partial charge in [0.25, 0.3) is 10.1 Å². The predicted octanol–water partition coefficient (Wildman–Crippen LogP) is 5.29. The smallest absolute Gasteiger partial charge is 0.327 e. The van der Waals surface area contributed by atoms with Crippen LogP contribution in [0.5, 0.6) is 0 Å². The Morgan fingerprint density at radius 1 is 0.793 bits per heavy atom. The molecular weight excluding hydrogens is 396 g/mol. The topological polar surface area (TPSA) is 129 Å². The molecule has 0 saturated heterocycles. The molecule has 0 radical (unpaired) electrons. The summed E-state index contributed by atoms with van der Waals surface area (Å²) in [7, 11) is -4.98. The quantitative estimate of drug-likeness (QED) is 0.185. The number of carbonyl (C=O) groups is 2. The van der Waals surface area contributed by atoms with Gasteiger partial charge in [0.05, 0.1) is 6.42 Å². The van der Waals surface area contributed by atoms with Crippen molar-refractivity contribution in [3.05, 3.63) is 0 Å². The Bertz CT molecular complexity index is 574. The van der Waals surface area contributed by atoms with Crippen molar-refractivity contribution in [3.8, 4) is 0 Å². The van der Waals surface area contributed by atoms with E-state index in [9.17, 15) is 32.8 Å². The first-order chi connectivity index (χ1) is 13.6. The molecule has 0 saturated carbocycles. The van der Waals surface area contributed by atoms with E-state index in [2.05, 4.69) is 13.8 Å². The lowest BCUT2D eigenvalue weighted by atomic mass is 9.80. The lowest BCUT2D eigenvalue weighted by molar-refractivity contribution is -0.144. The molecule has 2 atom stereocenters. The Morgan fingerprint density at radius 2 is 1.24 bits per heavy atom. The first-order valence-corrected chi connectivity index (χ1v) is 12.5. The molecule has 172 valence electrons. The van der Waals surface area contributed by atoms with Crippen LogP contribution >= 0.6 is 0 Å². The normalized spacial score (nSPS) is 15.0. The van der Waals surface area contributed by atoms with E-state index in [4.69, 9.17) is 0 Å². The van der Waals surface area contributed by atoms with Crippen LogP contribution < -0.4 is 0 Å². The number of carboxylic acid groups (broad SMARTS) is 2. The molecule has 0 aromatic carbocycles. The van der Waals surface area contributed by atoms with Crippen molar-refractivity contribution in [1.82, 2.24) is 0 Å². The van der Waals surface area contributed by atoms with Crippen molar-refractivity contribution in [3.63, 3.8) is 0 Å². The van der Waals surface area contributed by atoms with Crippen LogP contribution in [0.25, 0.3) is 0 Å². The molecule has 7 nitrogen and oxygen atoms in total. The third-order valence-corrected chi connectivity index (χ3v) is 7.34. The van der Waals surface area contributed by atoms with Crippen LogP contribution in [-0.2, 0) is 19.7 Å². The molecule has 0 aliphatic rings. The van der Waals surface area contributed by atoms with E-state index in [0.29, 0.717) is 19.3 Å². The van der Waals surface area contributed by atoms with E-state index in [1.165, 1.54) is 0 Å². The first kappa shape index (κ1) is 27.8. The van der Waals surface area contributed by atoms with Crippen molar-refractivity contribution in [2.24, 2.45) is 5.92 Å². The maximum atomic E-state index is 12.2. The third-order valence-electron chi connectivity index (χ3n) is 5.71. The van der Waals surface area contributed by atoms with Gasteiger partial charge < -0.3 is 10.2 Å². The van der Waals surface area contributed by atoms with Crippen LogP contribution in [-0.4, -0.2) is 39.9 Å². The molecule has 0 aromatic heterocycles. The summed E-state index contributed by atoms with van der Waals surface area (Å²) in [5.41, 5.74) is 0. The zero-order chi connectivity index (χ0) is 22.3. The SMILES string of the molecule is CCCCCCCCC(CC(=O)O)C(CCCCCCCC)(C(=O)O)S(=O)(=O)O. The van der Waals surface area contributed by atoms with Gasteiger partial charge in [-0.15, -0.1) is 0 Å². The molecule has 0 aliphatic carbocycles. The van der Waals surface area contributed by atoms with Crippen LogP contribution in [0.2, 0.25) is 0 Å². The standard InChI is InChI=1S/C21H40O7S/c1-3-5-7-9-11-13-15-18(17-19(22)23)21(20(24)25,29(26,27)28)16-14-12-10-8-6-4-2/h18H,3-17H2,1-2H3,(H,22,23)(H,24,25)(H,26,27,28). The van der Waals surface area contributed by atoms with Gasteiger partial charge in [0.15, 0.2) is 4.75 Å². The lowest BCUT2D eigenvalue weighted by Crippen LogP contribution is -2.53. The molecule has 0 aromatic rings. The molecule has 3 N–H and O–H groups in total. The Balaban J connectivity index is 5.33. The zero-order valence-corrected chi connectivity index (χ0v) is 18.9. The predicted molar refractivity (Wildman–Crippen MR) is 114 cm³/mol. The van der Waals surface area contributed by atoms with Crippen LogP contribution in [0, 0.1) is 5.92 Å². The van der Waals surface area contributed by atoms with Crippen LogP contribution in [0.1, 0.15) is 110 Å². The summed E-state index contributed by atoms with van der Waals surface area (Å²) in [6.07, 6.45) is 9.74. The Morgan fingerprint density at radius 3 is 1.66 bits per heavy atom. The van der Waals surface area contributed by atoms with E-state index in [0.717, 1.165) is 57.8 Å². The molecule has 0 fully saturated rings. The van der Waals surface area contributed by atoms with Gasteiger partial charge in [0, 0.05) is 5.92 Å². The van der Waals surface area contributed by atoms with Crippen molar-refractivity contribution < 1.29 is 32.8 Å². The number of hydrogen-bond acceptors (Lipinski definition) is 4. The van der Waals surface area contributed by atoms with Crippen molar-refractivity contribution in [2.75, 3.05) is 0 Å². The number of carboxylic acids is 2. The molecule has 0 heterocycles. The van der Waals surface area contributed by atoms with E-state index < -0.39 is 39.1 Å².